The Balaban J connectivity index is 2.94. The van der Waals surface area contributed by atoms with Crippen LogP contribution in [0.5, 0.6) is 0 Å². The van der Waals surface area contributed by atoms with E-state index in [0.29, 0.717) is 5.69 Å². The molecule has 1 rings (SSSR count). The number of rotatable bonds is 6. The number of aliphatic hydroxyl groups excluding tert-OH is 1. The normalized spacial score (nSPS) is 10.7. The quantitative estimate of drug-likeness (QED) is 0.770. The number of aromatic nitrogens is 1. The molecular weight excluding hydrogens is 236 g/mol. The average molecular weight is 254 g/mol. The van der Waals surface area contributed by atoms with Gasteiger partial charge >= 0.3 is 5.97 Å². The van der Waals surface area contributed by atoms with Crippen molar-refractivity contribution in [1.82, 2.24) is 9.47 Å². The molecule has 18 heavy (non-hydrogen) atoms. The third-order valence-electron chi connectivity index (χ3n) is 2.58. The summed E-state index contributed by atoms with van der Waals surface area (Å²) in [7, 11) is 0. The van der Waals surface area contributed by atoms with Gasteiger partial charge in [-0.25, -0.2) is 0 Å². The number of hydrogen-bond acceptors (Lipinski definition) is 3. The number of aliphatic hydroxyl groups is 1. The van der Waals surface area contributed by atoms with Gasteiger partial charge in [0, 0.05) is 18.8 Å². The fraction of sp³-hybridized carbons (Fsp3) is 0.500. The van der Waals surface area contributed by atoms with Crippen molar-refractivity contribution in [3.63, 3.8) is 0 Å². The van der Waals surface area contributed by atoms with Gasteiger partial charge in [-0.05, 0) is 26.0 Å². The van der Waals surface area contributed by atoms with Crippen molar-refractivity contribution in [2.24, 2.45) is 0 Å². The van der Waals surface area contributed by atoms with Crippen molar-refractivity contribution in [2.75, 3.05) is 13.2 Å². The summed E-state index contributed by atoms with van der Waals surface area (Å²) in [5.74, 6) is -1.27. The molecule has 0 atom stereocenters. The molecule has 6 nitrogen and oxygen atoms in total. The molecule has 0 aliphatic carbocycles. The minimum Gasteiger partial charge on any atom is -0.480 e. The van der Waals surface area contributed by atoms with E-state index in [-0.39, 0.29) is 31.6 Å². The van der Waals surface area contributed by atoms with Crippen LogP contribution in [-0.4, -0.2) is 50.8 Å². The number of aliphatic carboxylic acids is 1. The smallest absolute Gasteiger partial charge is 0.323 e. The maximum Gasteiger partial charge on any atom is 0.323 e. The Bertz CT molecular complexity index is 425. The molecule has 2 N–H and O–H groups in total. The zero-order valence-electron chi connectivity index (χ0n) is 10.5. The van der Waals surface area contributed by atoms with Crippen molar-refractivity contribution >= 4 is 11.9 Å². The van der Waals surface area contributed by atoms with Crippen LogP contribution >= 0.6 is 0 Å². The highest BCUT2D eigenvalue weighted by Crippen LogP contribution is 2.09. The van der Waals surface area contributed by atoms with Crippen LogP contribution in [0, 0.1) is 0 Å². The van der Waals surface area contributed by atoms with E-state index >= 15 is 0 Å². The molecule has 100 valence electrons. The molecule has 0 saturated carbocycles. The highest BCUT2D eigenvalue weighted by molar-refractivity contribution is 5.93. The van der Waals surface area contributed by atoms with Crippen molar-refractivity contribution in [3.8, 4) is 0 Å². The number of nitrogens with zero attached hydrogens (tertiary/aromatic N) is 2. The van der Waals surface area contributed by atoms with Crippen LogP contribution in [0.3, 0.4) is 0 Å². The predicted molar refractivity (Wildman–Crippen MR) is 65.3 cm³/mol. The number of hydrogen-bond donors (Lipinski definition) is 2. The van der Waals surface area contributed by atoms with Crippen molar-refractivity contribution in [3.05, 3.63) is 24.0 Å². The Morgan fingerprint density at radius 3 is 2.61 bits per heavy atom. The first-order valence-electron chi connectivity index (χ1n) is 5.76. The molecule has 0 unspecified atom stereocenters. The first-order valence-corrected chi connectivity index (χ1v) is 5.76. The second-order valence-electron chi connectivity index (χ2n) is 4.23. The first kappa shape index (κ1) is 14.2. The molecule has 0 radical (unpaired) electrons. The van der Waals surface area contributed by atoms with E-state index < -0.39 is 5.97 Å². The summed E-state index contributed by atoms with van der Waals surface area (Å²) in [6, 6.07) is 3.16. The summed E-state index contributed by atoms with van der Waals surface area (Å²) in [4.78, 5) is 24.4. The van der Waals surface area contributed by atoms with E-state index in [1.54, 1.807) is 18.3 Å². The first-order chi connectivity index (χ1) is 8.47. The maximum absolute atomic E-state index is 12.2. The third-order valence-corrected chi connectivity index (χ3v) is 2.58. The summed E-state index contributed by atoms with van der Waals surface area (Å²) in [6.45, 7) is 3.55. The summed E-state index contributed by atoms with van der Waals surface area (Å²) in [5, 5.41) is 17.7. The van der Waals surface area contributed by atoms with Crippen LogP contribution in [0.2, 0.25) is 0 Å². The number of carboxylic acid groups (broad SMARTS) is 1. The average Bonchev–Trinajstić information content (AvgIpc) is 2.71. The summed E-state index contributed by atoms with van der Waals surface area (Å²) in [5.41, 5.74) is 0.319. The summed E-state index contributed by atoms with van der Waals surface area (Å²) in [6.07, 6.45) is 1.55. The summed E-state index contributed by atoms with van der Waals surface area (Å²) < 4.78 is 1.39. The van der Waals surface area contributed by atoms with Gasteiger partial charge < -0.3 is 19.7 Å². The largest absolute Gasteiger partial charge is 0.480 e. The molecule has 1 aromatic rings. The second kappa shape index (κ2) is 6.20. The molecule has 0 aliphatic rings. The summed E-state index contributed by atoms with van der Waals surface area (Å²) >= 11 is 0. The van der Waals surface area contributed by atoms with Crippen LogP contribution in [0.15, 0.2) is 18.3 Å². The lowest BCUT2D eigenvalue weighted by molar-refractivity contribution is -0.137. The molecule has 0 bridgehead atoms. The van der Waals surface area contributed by atoms with E-state index in [4.69, 9.17) is 10.2 Å². The Kier molecular flexibility index (Phi) is 4.91. The Morgan fingerprint density at radius 1 is 1.44 bits per heavy atom. The van der Waals surface area contributed by atoms with Gasteiger partial charge in [0.15, 0.2) is 0 Å². The van der Waals surface area contributed by atoms with E-state index in [0.717, 1.165) is 0 Å². The van der Waals surface area contributed by atoms with Gasteiger partial charge in [0.1, 0.15) is 12.2 Å². The van der Waals surface area contributed by atoms with E-state index in [9.17, 15) is 9.59 Å². The molecule has 0 aromatic carbocycles. The van der Waals surface area contributed by atoms with Crippen LogP contribution < -0.4 is 0 Å². The zero-order chi connectivity index (χ0) is 13.7. The third kappa shape index (κ3) is 3.33. The number of carbonyl (C=O) groups excluding carboxylic acids is 1. The highest BCUT2D eigenvalue weighted by atomic mass is 16.4. The van der Waals surface area contributed by atoms with Crippen LogP contribution in [-0.2, 0) is 11.3 Å². The van der Waals surface area contributed by atoms with Gasteiger partial charge in [0.2, 0.25) is 0 Å². The Hall–Kier alpha value is -1.82. The molecule has 1 amide bonds. The molecule has 0 spiro atoms. The van der Waals surface area contributed by atoms with Crippen molar-refractivity contribution < 1.29 is 19.8 Å². The number of carbonyl (C=O) groups is 2. The van der Waals surface area contributed by atoms with Crippen LogP contribution in [0.25, 0.3) is 0 Å². The zero-order valence-corrected chi connectivity index (χ0v) is 10.5. The fourth-order valence-corrected chi connectivity index (χ4v) is 1.74. The molecule has 0 aliphatic heterocycles. The van der Waals surface area contributed by atoms with Crippen LogP contribution in [0.4, 0.5) is 0 Å². The fourth-order valence-electron chi connectivity index (χ4n) is 1.74. The molecule has 0 saturated heterocycles. The second-order valence-corrected chi connectivity index (χ2v) is 4.23. The monoisotopic (exact) mass is 254 g/mol. The molecule has 0 fully saturated rings. The van der Waals surface area contributed by atoms with Gasteiger partial charge in [-0.15, -0.1) is 0 Å². The number of amides is 1. The highest BCUT2D eigenvalue weighted by Gasteiger charge is 2.21. The molecule has 1 heterocycles. The van der Waals surface area contributed by atoms with Gasteiger partial charge in [-0.1, -0.05) is 0 Å². The minimum atomic E-state index is -1.00. The lowest BCUT2D eigenvalue weighted by Gasteiger charge is -2.26. The lowest BCUT2D eigenvalue weighted by atomic mass is 10.2. The van der Waals surface area contributed by atoms with E-state index in [1.165, 1.54) is 9.47 Å². The van der Waals surface area contributed by atoms with E-state index in [2.05, 4.69) is 0 Å². The topological polar surface area (TPSA) is 82.8 Å². The van der Waals surface area contributed by atoms with Gasteiger partial charge in [0.05, 0.1) is 6.61 Å². The van der Waals surface area contributed by atoms with Crippen molar-refractivity contribution in [1.29, 1.82) is 0 Å². The van der Waals surface area contributed by atoms with Crippen LogP contribution in [0.1, 0.15) is 24.3 Å². The van der Waals surface area contributed by atoms with E-state index in [1.807, 2.05) is 13.8 Å². The minimum absolute atomic E-state index is 0.0576. The molecular formula is C12H18N2O4. The lowest BCUT2D eigenvalue weighted by Crippen LogP contribution is -2.40. The molecule has 1 aromatic heterocycles. The Morgan fingerprint density at radius 2 is 2.11 bits per heavy atom. The predicted octanol–water partition coefficient (Wildman–Crippen LogP) is 0.416. The maximum atomic E-state index is 12.2. The standard InChI is InChI=1S/C12H18N2O4/c1-9(2)14(6-7-15)12(18)10-4-3-5-13(10)8-11(16)17/h3-5,9,15H,6-8H2,1-2H3,(H,16,17). The SMILES string of the molecule is CC(C)N(CCO)C(=O)c1cccn1CC(=O)O. The molecule has 6 heteroatoms. The van der Waals surface area contributed by atoms with Gasteiger partial charge in [-0.2, -0.15) is 0 Å². The Labute approximate surface area is 105 Å². The number of carboxylic acids is 1. The van der Waals surface area contributed by atoms with Crippen molar-refractivity contribution in [2.45, 2.75) is 26.4 Å². The van der Waals surface area contributed by atoms with Gasteiger partial charge in [0.25, 0.3) is 5.91 Å². The van der Waals surface area contributed by atoms with Gasteiger partial charge in [-0.3, -0.25) is 9.59 Å².